The van der Waals surface area contributed by atoms with E-state index in [4.69, 9.17) is 76.2 Å². The smallest absolute Gasteiger partial charge is 0.410 e. The van der Waals surface area contributed by atoms with Crippen molar-refractivity contribution < 1.29 is 62.4 Å². The van der Waals surface area contributed by atoms with Gasteiger partial charge in [-0.3, -0.25) is 19.2 Å². The van der Waals surface area contributed by atoms with Crippen LogP contribution in [0.25, 0.3) is 22.3 Å². The maximum Gasteiger partial charge on any atom is 0.410 e. The molecular weight excluding hydrogens is 1180 g/mol. The van der Waals surface area contributed by atoms with Crippen LogP contribution in [0.5, 0.6) is 0 Å². The summed E-state index contributed by atoms with van der Waals surface area (Å²) in [6.07, 6.45) is -1.47. The first-order valence-electron chi connectivity index (χ1n) is 26.5. The van der Waals surface area contributed by atoms with Gasteiger partial charge in [0.05, 0.1) is 37.8 Å². The summed E-state index contributed by atoms with van der Waals surface area (Å²) in [5.41, 5.74) is 9.30. The van der Waals surface area contributed by atoms with E-state index in [1.54, 1.807) is 77.9 Å². The Bertz CT molecular complexity index is 3190. The summed E-state index contributed by atoms with van der Waals surface area (Å²) >= 11 is 25.6. The van der Waals surface area contributed by atoms with Gasteiger partial charge < -0.3 is 50.2 Å². The number of nitrogens with zero attached hydrogens (tertiary/aromatic N) is 2. The molecule has 0 saturated carbocycles. The third-order valence-corrected chi connectivity index (χ3v) is 12.7. The molecule has 85 heavy (non-hydrogen) atoms. The number of carboxylic acid groups (broad SMARTS) is 1. The number of amides is 4. The van der Waals surface area contributed by atoms with E-state index in [0.29, 0.717) is 0 Å². The molecule has 5 N–H and O–H groups in total. The molecule has 0 spiro atoms. The molecule has 6 rings (SSSR count). The highest BCUT2D eigenvalue weighted by Crippen LogP contribution is 2.33. The Kier molecular flexibility index (Phi) is 27.4. The summed E-state index contributed by atoms with van der Waals surface area (Å²) < 4.78 is 20.9. The molecule has 0 radical (unpaired) electrons. The number of nitrogens with one attached hydrogen (secondary N) is 2. The Morgan fingerprint density at radius 2 is 0.835 bits per heavy atom. The van der Waals surface area contributed by atoms with Gasteiger partial charge in [-0.1, -0.05) is 168 Å². The molecule has 18 nitrogen and oxygen atoms in total. The van der Waals surface area contributed by atoms with E-state index in [1.807, 2.05) is 109 Å². The van der Waals surface area contributed by atoms with Crippen molar-refractivity contribution in [2.45, 2.75) is 90.9 Å². The van der Waals surface area contributed by atoms with Gasteiger partial charge in [-0.2, -0.15) is 0 Å². The average molecular weight is 1250 g/mol. The van der Waals surface area contributed by atoms with E-state index in [0.717, 1.165) is 43.2 Å². The number of carboxylic acids is 1. The number of ketones is 1. The van der Waals surface area contributed by atoms with Crippen LogP contribution in [-0.2, 0) is 51.3 Å². The Hall–Kier alpha value is -8.00. The monoisotopic (exact) mass is 1240 g/mol. The summed E-state index contributed by atoms with van der Waals surface area (Å²) in [6.45, 7) is 9.69. The predicted molar refractivity (Wildman–Crippen MR) is 327 cm³/mol. The first kappa shape index (κ1) is 69.5. The molecule has 0 heterocycles. The second kappa shape index (κ2) is 33.5. The van der Waals surface area contributed by atoms with Gasteiger partial charge in [-0.15, -0.1) is 0 Å². The molecule has 0 aliphatic rings. The van der Waals surface area contributed by atoms with Gasteiger partial charge in [0.25, 0.3) is 11.8 Å². The molecule has 22 heteroatoms. The number of esters is 2. The first-order chi connectivity index (χ1) is 40.0. The molecular formula is C63H69Cl4N5O13. The van der Waals surface area contributed by atoms with Crippen LogP contribution >= 0.6 is 46.4 Å². The molecule has 0 aliphatic heterocycles. The van der Waals surface area contributed by atoms with Gasteiger partial charge in [0, 0.05) is 27.1 Å². The van der Waals surface area contributed by atoms with Gasteiger partial charge in [0.2, 0.25) is 0 Å². The molecule has 0 fully saturated rings. The average Bonchev–Trinajstić information content (AvgIpc) is 3.57. The van der Waals surface area contributed by atoms with E-state index >= 15 is 0 Å². The Morgan fingerprint density at radius 1 is 0.506 bits per heavy atom. The van der Waals surface area contributed by atoms with Gasteiger partial charge in [0.1, 0.15) is 43.0 Å². The molecule has 0 aliphatic carbocycles. The van der Waals surface area contributed by atoms with Crippen molar-refractivity contribution in [3.05, 3.63) is 188 Å². The highest BCUT2D eigenvalue weighted by Gasteiger charge is 2.29. The van der Waals surface area contributed by atoms with Crippen LogP contribution in [0.2, 0.25) is 20.1 Å². The van der Waals surface area contributed by atoms with Crippen molar-refractivity contribution in [3.63, 3.8) is 0 Å². The largest absolute Gasteiger partial charge is 0.480 e. The molecule has 0 unspecified atom stereocenters. The standard InChI is InChI=1S/C32H34Cl2N2O6.C23H20Cl2N2O3.C8H15NO4/c1-32(2,3)42-31(40)36(4)19-24(37)15-16-27(30(39)41-20-21-11-7-5-8-12-21)35-29(38)28-25(33)17-23(18-26(28)34)22-13-9-6-10-14-22;24-18-11-17(16-9-5-2-6-10-16)12-19(25)21(18)22(28)27-20(13-26)23(29)30-14-15-7-3-1-4-8-15;1-8(2,3)13-7(12)9(4)5-6(10)11/h5-14,17-18,27H,15-16,19-20H2,1-4H3,(H,35,38);1-12,20H,13-14,26H2,(H,27,28);5H2,1-4H3,(H,10,11)/t27-;20-;/m00./s1. The number of hydrogen-bond acceptors (Lipinski definition) is 13. The second-order valence-electron chi connectivity index (χ2n) is 21.0. The van der Waals surface area contributed by atoms with Crippen LogP contribution in [0, 0.1) is 0 Å². The van der Waals surface area contributed by atoms with Crippen LogP contribution in [-0.4, -0.2) is 120 Å². The summed E-state index contributed by atoms with van der Waals surface area (Å²) in [5, 5.41) is 14.1. The van der Waals surface area contributed by atoms with Crippen molar-refractivity contribution in [2.75, 3.05) is 33.7 Å². The van der Waals surface area contributed by atoms with Crippen LogP contribution in [0.15, 0.2) is 146 Å². The number of carbonyl (C=O) groups excluding carboxylic acids is 7. The van der Waals surface area contributed by atoms with Gasteiger partial charge in [-0.05, 0) is 106 Å². The number of aliphatic carboxylic acids is 1. The fraction of sp³-hybridized carbons (Fsp3) is 0.302. The van der Waals surface area contributed by atoms with Gasteiger partial charge in [0.15, 0.2) is 5.78 Å². The van der Waals surface area contributed by atoms with Crippen molar-refractivity contribution in [3.8, 4) is 22.3 Å². The number of Topliss-reactive ketones (excluding diaryl/α,β-unsaturated/α-hetero) is 1. The molecule has 0 aromatic heterocycles. The quantitative estimate of drug-likeness (QED) is 0.0410. The van der Waals surface area contributed by atoms with Crippen molar-refractivity contribution >= 4 is 94.1 Å². The van der Waals surface area contributed by atoms with Crippen molar-refractivity contribution in [1.82, 2.24) is 20.4 Å². The van der Waals surface area contributed by atoms with Crippen LogP contribution in [0.1, 0.15) is 86.2 Å². The van der Waals surface area contributed by atoms with Crippen LogP contribution in [0.4, 0.5) is 9.59 Å². The topological polar surface area (TPSA) is 250 Å². The summed E-state index contributed by atoms with van der Waals surface area (Å²) in [4.78, 5) is 100.0. The van der Waals surface area contributed by atoms with E-state index in [-0.39, 0.29) is 82.7 Å². The lowest BCUT2D eigenvalue weighted by Gasteiger charge is -2.24. The molecule has 4 amide bonds. The van der Waals surface area contributed by atoms with Crippen molar-refractivity contribution in [1.29, 1.82) is 0 Å². The van der Waals surface area contributed by atoms with Gasteiger partial charge in [-0.25, -0.2) is 19.2 Å². The summed E-state index contributed by atoms with van der Waals surface area (Å²) in [7, 11) is 2.82. The number of ether oxygens (including phenoxy) is 4. The predicted octanol–water partition coefficient (Wildman–Crippen LogP) is 12.1. The van der Waals surface area contributed by atoms with E-state index < -0.39 is 65.2 Å². The van der Waals surface area contributed by atoms with Gasteiger partial charge >= 0.3 is 30.1 Å². The number of rotatable bonds is 20. The zero-order valence-electron chi connectivity index (χ0n) is 48.3. The number of benzene rings is 6. The van der Waals surface area contributed by atoms with E-state index in [1.165, 1.54) is 14.1 Å². The second-order valence-corrected chi connectivity index (χ2v) is 22.6. The maximum absolute atomic E-state index is 13.3. The Balaban J connectivity index is 0.000000312. The minimum absolute atomic E-state index is 0.00476. The molecule has 452 valence electrons. The van der Waals surface area contributed by atoms with Crippen LogP contribution in [0.3, 0.4) is 0 Å². The lowest BCUT2D eigenvalue weighted by Crippen LogP contribution is -2.46. The molecule has 6 aromatic carbocycles. The molecule has 0 saturated heterocycles. The third kappa shape index (κ3) is 24.3. The SMILES string of the molecule is CN(CC(=O)CC[C@H](NC(=O)c1c(Cl)cc(-c2ccccc2)cc1Cl)C(=O)OCc1ccccc1)C(=O)OC(C)(C)C.CN(CC(=O)O)C(=O)OC(C)(C)C.NC[C@H](NC(=O)c1c(Cl)cc(-c2ccccc2)cc1Cl)C(=O)OCc1ccccc1. The maximum atomic E-state index is 13.3. The van der Waals surface area contributed by atoms with E-state index in [9.17, 15) is 38.4 Å². The highest BCUT2D eigenvalue weighted by molar-refractivity contribution is 6.41. The van der Waals surface area contributed by atoms with Crippen LogP contribution < -0.4 is 16.4 Å². The normalized spacial score (nSPS) is 11.5. The molecule has 6 aromatic rings. The number of nitrogens with two attached hydrogens (primary N) is 1. The lowest BCUT2D eigenvalue weighted by molar-refractivity contribution is -0.148. The first-order valence-corrected chi connectivity index (χ1v) is 28.0. The zero-order valence-corrected chi connectivity index (χ0v) is 51.3. The van der Waals surface area contributed by atoms with E-state index in [2.05, 4.69) is 10.6 Å². The number of hydrogen-bond donors (Lipinski definition) is 4. The Morgan fingerprint density at radius 3 is 1.18 bits per heavy atom. The molecule has 2 atom stereocenters. The Labute approximate surface area is 514 Å². The fourth-order valence-electron chi connectivity index (χ4n) is 7.42. The highest BCUT2D eigenvalue weighted by atomic mass is 35.5. The zero-order chi connectivity index (χ0) is 63.0. The summed E-state index contributed by atoms with van der Waals surface area (Å²) in [6, 6.07) is 41.5. The lowest BCUT2D eigenvalue weighted by atomic mass is 10.0. The third-order valence-electron chi connectivity index (χ3n) is 11.5. The minimum atomic E-state index is -1.18. The number of likely N-dealkylation sites (N-methyl/N-ethyl adjacent to an activating group) is 2. The summed E-state index contributed by atoms with van der Waals surface area (Å²) in [5.74, 6) is -4.05. The fourth-order valence-corrected chi connectivity index (χ4v) is 8.74. The number of halogens is 4. The number of carbonyl (C=O) groups is 8. The van der Waals surface area contributed by atoms with Crippen molar-refractivity contribution in [2.24, 2.45) is 5.73 Å². The molecule has 0 bridgehead atoms. The minimum Gasteiger partial charge on any atom is -0.480 e.